The molecule has 0 aliphatic carbocycles. The normalized spacial score (nSPS) is 13.9. The summed E-state index contributed by atoms with van der Waals surface area (Å²) in [7, 11) is -1.11. The number of carbonyl (C=O) groups excluding carboxylic acids is 1. The molecule has 0 aliphatic rings. The maximum absolute atomic E-state index is 11.9. The molecule has 0 radical (unpaired) electrons. The van der Waals surface area contributed by atoms with Crippen LogP contribution in [0.1, 0.15) is 25.8 Å². The maximum Gasteiger partial charge on any atom is 0.239 e. The second-order valence-corrected chi connectivity index (χ2v) is 5.99. The van der Waals surface area contributed by atoms with Gasteiger partial charge in [0.2, 0.25) is 5.91 Å². The molecule has 4 nitrogen and oxygen atoms in total. The van der Waals surface area contributed by atoms with Crippen molar-refractivity contribution in [2.45, 2.75) is 32.1 Å². The van der Waals surface area contributed by atoms with Crippen molar-refractivity contribution in [1.82, 2.24) is 0 Å². The monoisotopic (exact) mass is 268 g/mol. The van der Waals surface area contributed by atoms with Gasteiger partial charge >= 0.3 is 0 Å². The second-order valence-electron chi connectivity index (χ2n) is 4.12. The Morgan fingerprint density at radius 1 is 1.39 bits per heavy atom. The first-order chi connectivity index (χ1) is 8.58. The van der Waals surface area contributed by atoms with Crippen molar-refractivity contribution in [2.24, 2.45) is 5.73 Å². The topological polar surface area (TPSA) is 72.2 Å². The highest BCUT2D eigenvalue weighted by Gasteiger charge is 2.19. The smallest absolute Gasteiger partial charge is 0.239 e. The summed E-state index contributed by atoms with van der Waals surface area (Å²) in [5.41, 5.74) is 7.21. The molecule has 3 N–H and O–H groups in total. The molecule has 0 saturated carbocycles. The molecular weight excluding hydrogens is 248 g/mol. The lowest BCUT2D eigenvalue weighted by Crippen LogP contribution is -2.30. The predicted octanol–water partition coefficient (Wildman–Crippen LogP) is 1.63. The molecule has 18 heavy (non-hydrogen) atoms. The lowest BCUT2D eigenvalue weighted by atomic mass is 10.2. The summed E-state index contributed by atoms with van der Waals surface area (Å²) in [4.78, 5) is 11.9. The predicted molar refractivity (Wildman–Crippen MR) is 75.7 cm³/mol. The minimum atomic E-state index is -1.11. The van der Waals surface area contributed by atoms with Gasteiger partial charge in [-0.2, -0.15) is 0 Å². The second kappa shape index (κ2) is 7.28. The fourth-order valence-electron chi connectivity index (χ4n) is 1.47. The zero-order chi connectivity index (χ0) is 13.5. The first-order valence-corrected chi connectivity index (χ1v) is 7.43. The van der Waals surface area contributed by atoms with Crippen molar-refractivity contribution >= 4 is 22.4 Å². The highest BCUT2D eigenvalue weighted by molar-refractivity contribution is 7.86. The van der Waals surface area contributed by atoms with E-state index < -0.39 is 16.0 Å². The quantitative estimate of drug-likeness (QED) is 0.823. The number of nitrogens with two attached hydrogens (primary N) is 1. The summed E-state index contributed by atoms with van der Waals surface area (Å²) in [5, 5.41) is 2.27. The Labute approximate surface area is 110 Å². The summed E-state index contributed by atoms with van der Waals surface area (Å²) < 4.78 is 11.7. The number of amides is 1. The van der Waals surface area contributed by atoms with E-state index in [9.17, 15) is 9.00 Å². The van der Waals surface area contributed by atoms with Crippen LogP contribution in [0.5, 0.6) is 0 Å². The highest BCUT2D eigenvalue weighted by atomic mass is 32.2. The molecule has 0 aliphatic heterocycles. The number of anilines is 1. The Bertz CT molecular complexity index is 418. The van der Waals surface area contributed by atoms with Gasteiger partial charge in [0.1, 0.15) is 5.25 Å². The van der Waals surface area contributed by atoms with Gasteiger partial charge in [-0.3, -0.25) is 9.00 Å². The molecule has 0 bridgehead atoms. The van der Waals surface area contributed by atoms with Crippen LogP contribution in [0, 0.1) is 0 Å². The fourth-order valence-corrected chi connectivity index (χ4v) is 2.52. The van der Waals surface area contributed by atoms with Gasteiger partial charge in [-0.05, 0) is 31.0 Å². The van der Waals surface area contributed by atoms with Crippen LogP contribution in [0.3, 0.4) is 0 Å². The van der Waals surface area contributed by atoms with Crippen molar-refractivity contribution in [3.05, 3.63) is 29.8 Å². The molecule has 5 heteroatoms. The fraction of sp³-hybridized carbons (Fsp3) is 0.462. The van der Waals surface area contributed by atoms with E-state index in [2.05, 4.69) is 5.32 Å². The number of hydrogen-bond donors (Lipinski definition) is 2. The van der Waals surface area contributed by atoms with E-state index in [1.165, 1.54) is 0 Å². The van der Waals surface area contributed by atoms with Crippen LogP contribution in [0.25, 0.3) is 0 Å². The van der Waals surface area contributed by atoms with Crippen molar-refractivity contribution in [3.63, 3.8) is 0 Å². The molecule has 0 heterocycles. The number of carbonyl (C=O) groups is 1. The number of benzene rings is 1. The van der Waals surface area contributed by atoms with Crippen LogP contribution in [-0.2, 0) is 22.1 Å². The standard InChI is InChI=1S/C13H20N2O2S/c1-3-8-18(17)10(2)13(16)15-12-6-4-11(9-14)5-7-12/h4-7,10H,3,8-9,14H2,1-2H3,(H,15,16). The van der Waals surface area contributed by atoms with E-state index in [1.54, 1.807) is 19.1 Å². The van der Waals surface area contributed by atoms with Crippen molar-refractivity contribution in [3.8, 4) is 0 Å². The van der Waals surface area contributed by atoms with E-state index in [1.807, 2.05) is 19.1 Å². The molecule has 100 valence electrons. The van der Waals surface area contributed by atoms with Crippen LogP contribution in [0.15, 0.2) is 24.3 Å². The molecule has 2 atom stereocenters. The minimum absolute atomic E-state index is 0.206. The van der Waals surface area contributed by atoms with Crippen LogP contribution in [0.2, 0.25) is 0 Å². The Morgan fingerprint density at radius 2 is 2.00 bits per heavy atom. The van der Waals surface area contributed by atoms with Gasteiger partial charge in [0.25, 0.3) is 0 Å². The molecule has 1 aromatic rings. The molecule has 0 spiro atoms. The van der Waals surface area contributed by atoms with Crippen LogP contribution in [-0.4, -0.2) is 21.1 Å². The van der Waals surface area contributed by atoms with Crippen molar-refractivity contribution < 1.29 is 9.00 Å². The minimum Gasteiger partial charge on any atom is -0.326 e. The first-order valence-electron chi connectivity index (χ1n) is 6.05. The molecule has 0 aromatic heterocycles. The summed E-state index contributed by atoms with van der Waals surface area (Å²) in [5.74, 6) is 0.350. The summed E-state index contributed by atoms with van der Waals surface area (Å²) in [6.45, 7) is 4.12. The molecule has 0 saturated heterocycles. The van der Waals surface area contributed by atoms with E-state index >= 15 is 0 Å². The highest BCUT2D eigenvalue weighted by Crippen LogP contribution is 2.10. The Balaban J connectivity index is 2.60. The summed E-state index contributed by atoms with van der Waals surface area (Å²) in [6.07, 6.45) is 0.815. The van der Waals surface area contributed by atoms with Gasteiger partial charge in [0, 0.05) is 28.8 Å². The number of nitrogens with one attached hydrogen (secondary N) is 1. The zero-order valence-electron chi connectivity index (χ0n) is 10.8. The Morgan fingerprint density at radius 3 is 2.50 bits per heavy atom. The van der Waals surface area contributed by atoms with Crippen molar-refractivity contribution in [2.75, 3.05) is 11.1 Å². The third-order valence-electron chi connectivity index (χ3n) is 2.63. The first kappa shape index (κ1) is 14.9. The van der Waals surface area contributed by atoms with Gasteiger partial charge in [-0.1, -0.05) is 19.1 Å². The third kappa shape index (κ3) is 4.23. The SMILES string of the molecule is CCCS(=O)C(C)C(=O)Nc1ccc(CN)cc1. The van der Waals surface area contributed by atoms with Crippen LogP contribution < -0.4 is 11.1 Å². The zero-order valence-corrected chi connectivity index (χ0v) is 11.6. The lowest BCUT2D eigenvalue weighted by Gasteiger charge is -2.11. The Kier molecular flexibility index (Phi) is 6.01. The average molecular weight is 268 g/mol. The van der Waals surface area contributed by atoms with E-state index in [0.717, 1.165) is 12.0 Å². The van der Waals surface area contributed by atoms with Gasteiger partial charge in [-0.25, -0.2) is 0 Å². The molecule has 2 unspecified atom stereocenters. The third-order valence-corrected chi connectivity index (χ3v) is 4.44. The molecule has 1 aromatic carbocycles. The molecule has 1 rings (SSSR count). The summed E-state index contributed by atoms with van der Waals surface area (Å²) >= 11 is 0. The molecular formula is C13H20N2O2S. The Hall–Kier alpha value is -1.20. The van der Waals surface area contributed by atoms with Gasteiger partial charge < -0.3 is 11.1 Å². The van der Waals surface area contributed by atoms with E-state index in [-0.39, 0.29) is 5.91 Å². The van der Waals surface area contributed by atoms with E-state index in [4.69, 9.17) is 5.73 Å². The van der Waals surface area contributed by atoms with Gasteiger partial charge in [0.05, 0.1) is 0 Å². The molecule has 0 fully saturated rings. The number of rotatable bonds is 6. The maximum atomic E-state index is 11.9. The van der Waals surface area contributed by atoms with Crippen molar-refractivity contribution in [1.29, 1.82) is 0 Å². The van der Waals surface area contributed by atoms with Crippen LogP contribution >= 0.6 is 0 Å². The van der Waals surface area contributed by atoms with Crippen LogP contribution in [0.4, 0.5) is 5.69 Å². The number of hydrogen-bond acceptors (Lipinski definition) is 3. The summed E-state index contributed by atoms with van der Waals surface area (Å²) in [6, 6.07) is 7.33. The lowest BCUT2D eigenvalue weighted by molar-refractivity contribution is -0.115. The van der Waals surface area contributed by atoms with E-state index in [0.29, 0.717) is 18.0 Å². The largest absolute Gasteiger partial charge is 0.326 e. The average Bonchev–Trinajstić information content (AvgIpc) is 2.39. The molecule has 1 amide bonds. The van der Waals surface area contributed by atoms with Gasteiger partial charge in [-0.15, -0.1) is 0 Å². The van der Waals surface area contributed by atoms with Gasteiger partial charge in [0.15, 0.2) is 0 Å².